The molecule has 0 unspecified atom stereocenters. The number of rotatable bonds is 5. The molecular formula is C22H23N3O4S. The van der Waals surface area contributed by atoms with Gasteiger partial charge in [-0.15, -0.1) is 0 Å². The zero-order chi connectivity index (χ0) is 21.5. The van der Waals surface area contributed by atoms with E-state index in [1.54, 1.807) is 11.0 Å². The molecule has 0 saturated heterocycles. The first-order chi connectivity index (χ1) is 14.3. The molecule has 1 amide bonds. The summed E-state index contributed by atoms with van der Waals surface area (Å²) in [6, 6.07) is 12.4. The van der Waals surface area contributed by atoms with E-state index >= 15 is 0 Å². The second kappa shape index (κ2) is 7.60. The zero-order valence-corrected chi connectivity index (χ0v) is 17.9. The molecule has 0 saturated carbocycles. The summed E-state index contributed by atoms with van der Waals surface area (Å²) in [7, 11) is -3.44. The van der Waals surface area contributed by atoms with Crippen molar-refractivity contribution in [2.24, 2.45) is 0 Å². The second-order valence-corrected chi connectivity index (χ2v) is 9.37. The van der Waals surface area contributed by atoms with Crippen molar-refractivity contribution in [3.05, 3.63) is 71.0 Å². The van der Waals surface area contributed by atoms with Crippen LogP contribution in [0.2, 0.25) is 0 Å². The van der Waals surface area contributed by atoms with Gasteiger partial charge in [-0.3, -0.25) is 4.79 Å². The van der Waals surface area contributed by atoms with E-state index in [1.807, 2.05) is 49.0 Å². The number of carbonyl (C=O) groups excluding carboxylic acids is 1. The van der Waals surface area contributed by atoms with Gasteiger partial charge in [0.1, 0.15) is 5.75 Å². The molecule has 0 N–H and O–H groups in total. The molecule has 8 heteroatoms. The van der Waals surface area contributed by atoms with Crippen molar-refractivity contribution in [1.82, 2.24) is 14.7 Å². The first kappa shape index (κ1) is 20.2. The first-order valence-corrected chi connectivity index (χ1v) is 11.6. The quantitative estimate of drug-likeness (QED) is 0.627. The van der Waals surface area contributed by atoms with Crippen LogP contribution < -0.4 is 4.74 Å². The van der Waals surface area contributed by atoms with Gasteiger partial charge in [0.15, 0.2) is 9.84 Å². The van der Waals surface area contributed by atoms with Crippen LogP contribution >= 0.6 is 0 Å². The van der Waals surface area contributed by atoms with Gasteiger partial charge in [0.2, 0.25) is 0 Å². The summed E-state index contributed by atoms with van der Waals surface area (Å²) < 4.78 is 31.3. The van der Waals surface area contributed by atoms with Crippen LogP contribution in [0.5, 0.6) is 5.75 Å². The molecule has 0 spiro atoms. The Balaban J connectivity index is 1.62. The van der Waals surface area contributed by atoms with Crippen LogP contribution in [-0.4, -0.2) is 41.9 Å². The number of amides is 1. The van der Waals surface area contributed by atoms with Crippen molar-refractivity contribution < 1.29 is 17.9 Å². The molecule has 1 aromatic heterocycles. The number of nitrogens with zero attached hydrogens (tertiary/aromatic N) is 3. The van der Waals surface area contributed by atoms with Crippen molar-refractivity contribution in [1.29, 1.82) is 0 Å². The van der Waals surface area contributed by atoms with E-state index in [2.05, 4.69) is 5.10 Å². The maximum absolute atomic E-state index is 13.2. The van der Waals surface area contributed by atoms with E-state index in [9.17, 15) is 13.2 Å². The minimum absolute atomic E-state index is 0.0935. The van der Waals surface area contributed by atoms with Gasteiger partial charge in [-0.25, -0.2) is 13.1 Å². The van der Waals surface area contributed by atoms with Crippen LogP contribution in [0.3, 0.4) is 0 Å². The van der Waals surface area contributed by atoms with Crippen LogP contribution in [0.1, 0.15) is 34.1 Å². The molecule has 2 heterocycles. The number of hydrogen-bond donors (Lipinski definition) is 0. The number of sulfone groups is 1. The minimum atomic E-state index is -3.44. The van der Waals surface area contributed by atoms with Gasteiger partial charge >= 0.3 is 0 Å². The van der Waals surface area contributed by atoms with Gasteiger partial charge in [-0.2, -0.15) is 5.10 Å². The summed E-state index contributed by atoms with van der Waals surface area (Å²) in [6.07, 6.45) is 3.07. The number of para-hydroxylation sites is 1. The Hall–Kier alpha value is -3.13. The van der Waals surface area contributed by atoms with Gasteiger partial charge < -0.3 is 9.64 Å². The Bertz CT molecular complexity index is 1210. The number of hydrogen-bond acceptors (Lipinski definition) is 5. The van der Waals surface area contributed by atoms with Gasteiger partial charge in [0, 0.05) is 24.6 Å². The molecule has 1 aliphatic heterocycles. The molecule has 7 nitrogen and oxygen atoms in total. The maximum atomic E-state index is 13.2. The first-order valence-electron chi connectivity index (χ1n) is 9.67. The number of aryl methyl sites for hydroxylation is 1. The standard InChI is InChI=1S/C22H23N3O4S/c1-4-29-21-10-9-17(30(3,27)28)11-18(21)22(26)24-12-16-13-25(23-19(16)14-24)20-8-6-5-7-15(20)2/h5-11,13H,4,12,14H2,1-3H3. The lowest BCUT2D eigenvalue weighted by molar-refractivity contribution is 0.0744. The zero-order valence-electron chi connectivity index (χ0n) is 17.1. The fraction of sp³-hybridized carbons (Fsp3) is 0.273. The summed E-state index contributed by atoms with van der Waals surface area (Å²) in [4.78, 5) is 15.0. The van der Waals surface area contributed by atoms with Crippen LogP contribution in [0, 0.1) is 6.92 Å². The Morgan fingerprint density at radius 2 is 1.93 bits per heavy atom. The van der Waals surface area contributed by atoms with E-state index in [1.165, 1.54) is 12.1 Å². The van der Waals surface area contributed by atoms with Crippen molar-refractivity contribution in [2.75, 3.05) is 12.9 Å². The lowest BCUT2D eigenvalue weighted by Crippen LogP contribution is -2.26. The van der Waals surface area contributed by atoms with Gasteiger partial charge in [0.05, 0.1) is 35.0 Å². The molecule has 0 fully saturated rings. The molecule has 0 bridgehead atoms. The van der Waals surface area contributed by atoms with Crippen molar-refractivity contribution >= 4 is 15.7 Å². The highest BCUT2D eigenvalue weighted by Gasteiger charge is 2.30. The summed E-state index contributed by atoms with van der Waals surface area (Å²) in [5.41, 5.74) is 4.18. The SMILES string of the molecule is CCOc1ccc(S(C)(=O)=O)cc1C(=O)N1Cc2cn(-c3ccccc3C)nc2C1. The van der Waals surface area contributed by atoms with E-state index in [4.69, 9.17) is 4.74 Å². The van der Waals surface area contributed by atoms with Crippen molar-refractivity contribution in [3.63, 3.8) is 0 Å². The monoisotopic (exact) mass is 425 g/mol. The van der Waals surface area contributed by atoms with Crippen LogP contribution in [-0.2, 0) is 22.9 Å². The minimum Gasteiger partial charge on any atom is -0.493 e. The molecule has 156 valence electrons. The summed E-state index contributed by atoms with van der Waals surface area (Å²) in [5.74, 6) is 0.105. The fourth-order valence-electron chi connectivity index (χ4n) is 3.60. The third-order valence-corrected chi connectivity index (χ3v) is 6.25. The van der Waals surface area contributed by atoms with Crippen LogP contribution in [0.15, 0.2) is 53.6 Å². The lowest BCUT2D eigenvalue weighted by atomic mass is 10.1. The maximum Gasteiger partial charge on any atom is 0.258 e. The molecule has 30 heavy (non-hydrogen) atoms. The average molecular weight is 426 g/mol. The normalized spacial score (nSPS) is 13.4. The molecule has 2 aromatic carbocycles. The second-order valence-electron chi connectivity index (χ2n) is 7.36. The highest BCUT2D eigenvalue weighted by atomic mass is 32.2. The Labute approximate surface area is 175 Å². The summed E-state index contributed by atoms with van der Waals surface area (Å²) in [6.45, 7) is 5.00. The van der Waals surface area contributed by atoms with Gasteiger partial charge in [-0.1, -0.05) is 18.2 Å². The molecule has 4 rings (SSSR count). The molecule has 0 aliphatic carbocycles. The highest BCUT2D eigenvalue weighted by Crippen LogP contribution is 2.29. The Kier molecular flexibility index (Phi) is 5.11. The fourth-order valence-corrected chi connectivity index (χ4v) is 4.25. The van der Waals surface area contributed by atoms with Crippen molar-refractivity contribution in [3.8, 4) is 11.4 Å². The van der Waals surface area contributed by atoms with Crippen LogP contribution in [0.4, 0.5) is 0 Å². The summed E-state index contributed by atoms with van der Waals surface area (Å²) >= 11 is 0. The predicted molar refractivity (Wildman–Crippen MR) is 113 cm³/mol. The average Bonchev–Trinajstić information content (AvgIpc) is 3.27. The molecule has 1 aliphatic rings. The van der Waals surface area contributed by atoms with Crippen LogP contribution in [0.25, 0.3) is 5.69 Å². The van der Waals surface area contributed by atoms with E-state index in [0.29, 0.717) is 25.4 Å². The smallest absolute Gasteiger partial charge is 0.258 e. The number of benzene rings is 2. The topological polar surface area (TPSA) is 81.5 Å². The highest BCUT2D eigenvalue weighted by molar-refractivity contribution is 7.90. The Morgan fingerprint density at radius 3 is 2.60 bits per heavy atom. The van der Waals surface area contributed by atoms with E-state index in [0.717, 1.165) is 28.8 Å². The van der Waals surface area contributed by atoms with Gasteiger partial charge in [-0.05, 0) is 43.7 Å². The summed E-state index contributed by atoms with van der Waals surface area (Å²) in [5, 5.41) is 4.66. The number of aromatic nitrogens is 2. The molecule has 0 radical (unpaired) electrons. The van der Waals surface area contributed by atoms with E-state index in [-0.39, 0.29) is 16.4 Å². The Morgan fingerprint density at radius 1 is 1.17 bits per heavy atom. The molecule has 0 atom stereocenters. The number of fused-ring (bicyclic) bond motifs is 1. The third-order valence-electron chi connectivity index (χ3n) is 5.14. The van der Waals surface area contributed by atoms with Crippen molar-refractivity contribution in [2.45, 2.75) is 31.8 Å². The van der Waals surface area contributed by atoms with Gasteiger partial charge in [0.25, 0.3) is 5.91 Å². The van der Waals surface area contributed by atoms with E-state index < -0.39 is 9.84 Å². The predicted octanol–water partition coefficient (Wildman–Crippen LogP) is 3.14. The third kappa shape index (κ3) is 3.70. The largest absolute Gasteiger partial charge is 0.493 e. The number of ether oxygens (including phenoxy) is 1. The lowest BCUT2D eigenvalue weighted by Gasteiger charge is -2.19. The molecule has 3 aromatic rings. The number of carbonyl (C=O) groups is 1. The molecular weight excluding hydrogens is 402 g/mol.